The van der Waals surface area contributed by atoms with Gasteiger partial charge in [-0.1, -0.05) is 27.6 Å². The molecule has 2 nitrogen and oxygen atoms in total. The fourth-order valence-electron chi connectivity index (χ4n) is 1.93. The van der Waals surface area contributed by atoms with E-state index < -0.39 is 5.97 Å². The molecule has 0 fully saturated rings. The molecular formula is C12H11BrO2. The number of carbonyl (C=O) groups is 1. The van der Waals surface area contributed by atoms with Crippen LogP contribution in [0.4, 0.5) is 0 Å². The molecule has 1 aromatic carbocycles. The van der Waals surface area contributed by atoms with Crippen LogP contribution in [0.1, 0.15) is 17.5 Å². The van der Waals surface area contributed by atoms with Gasteiger partial charge in [0, 0.05) is 10.5 Å². The predicted octanol–water partition coefficient (Wildman–Crippen LogP) is 2.95. The first-order chi connectivity index (χ1) is 7.15. The van der Waals surface area contributed by atoms with Crippen LogP contribution in [-0.2, 0) is 17.6 Å². The minimum Gasteiger partial charge on any atom is -0.478 e. The summed E-state index contributed by atoms with van der Waals surface area (Å²) in [5, 5.41) is 8.67. The standard InChI is InChI=1S/C12H11BrO2/c13-11-4-3-9-5-8(6-12(14)15)1-2-10(9)7-11/h3-4,6-7H,1-2,5H2,(H,14,15)/b8-6-. The average Bonchev–Trinajstić information content (AvgIpc) is 2.17. The van der Waals surface area contributed by atoms with Gasteiger partial charge in [0.25, 0.3) is 0 Å². The van der Waals surface area contributed by atoms with E-state index in [9.17, 15) is 4.79 Å². The number of rotatable bonds is 1. The Bertz CT molecular complexity index is 435. The third-order valence-electron chi connectivity index (χ3n) is 2.63. The van der Waals surface area contributed by atoms with Crippen LogP contribution in [0.3, 0.4) is 0 Å². The van der Waals surface area contributed by atoms with Crippen molar-refractivity contribution in [3.63, 3.8) is 0 Å². The van der Waals surface area contributed by atoms with Crippen LogP contribution in [-0.4, -0.2) is 11.1 Å². The lowest BCUT2D eigenvalue weighted by Crippen LogP contribution is -2.07. The Labute approximate surface area is 96.7 Å². The van der Waals surface area contributed by atoms with Gasteiger partial charge in [-0.2, -0.15) is 0 Å². The maximum Gasteiger partial charge on any atom is 0.328 e. The molecule has 0 atom stereocenters. The second-order valence-corrected chi connectivity index (χ2v) is 4.65. The molecule has 1 N–H and O–H groups in total. The topological polar surface area (TPSA) is 37.3 Å². The van der Waals surface area contributed by atoms with Crippen molar-refractivity contribution in [2.45, 2.75) is 19.3 Å². The molecule has 1 aliphatic rings. The molecule has 0 saturated carbocycles. The summed E-state index contributed by atoms with van der Waals surface area (Å²) in [6.07, 6.45) is 3.91. The maximum absolute atomic E-state index is 10.5. The number of aryl methyl sites for hydroxylation is 1. The number of aliphatic carboxylic acids is 1. The van der Waals surface area contributed by atoms with E-state index in [-0.39, 0.29) is 0 Å². The highest BCUT2D eigenvalue weighted by molar-refractivity contribution is 9.10. The number of allylic oxidation sites excluding steroid dienone is 1. The number of fused-ring (bicyclic) bond motifs is 1. The summed E-state index contributed by atoms with van der Waals surface area (Å²) in [7, 11) is 0. The van der Waals surface area contributed by atoms with Gasteiger partial charge < -0.3 is 5.11 Å². The first-order valence-corrected chi connectivity index (χ1v) is 5.64. The lowest BCUT2D eigenvalue weighted by Gasteiger charge is -2.18. The molecule has 3 heteroatoms. The molecule has 1 aliphatic carbocycles. The summed E-state index contributed by atoms with van der Waals surface area (Å²) in [5.74, 6) is -0.842. The van der Waals surface area contributed by atoms with Crippen molar-refractivity contribution >= 4 is 21.9 Å². The lowest BCUT2D eigenvalue weighted by molar-refractivity contribution is -0.131. The molecule has 78 valence electrons. The molecule has 1 aromatic rings. The fraction of sp³-hybridized carbons (Fsp3) is 0.250. The zero-order valence-corrected chi connectivity index (χ0v) is 9.75. The normalized spacial score (nSPS) is 17.5. The maximum atomic E-state index is 10.5. The van der Waals surface area contributed by atoms with Crippen LogP contribution in [0.5, 0.6) is 0 Å². The molecule has 2 rings (SSSR count). The number of hydrogen-bond acceptors (Lipinski definition) is 1. The van der Waals surface area contributed by atoms with Crippen LogP contribution >= 0.6 is 15.9 Å². The van der Waals surface area contributed by atoms with Gasteiger partial charge in [0.15, 0.2) is 0 Å². The minimum atomic E-state index is -0.842. The Hall–Kier alpha value is -1.09. The first-order valence-electron chi connectivity index (χ1n) is 4.85. The Morgan fingerprint density at radius 2 is 2.13 bits per heavy atom. The molecule has 0 aromatic heterocycles. The Balaban J connectivity index is 2.28. The van der Waals surface area contributed by atoms with E-state index in [1.54, 1.807) is 0 Å². The Kier molecular flexibility index (Phi) is 2.91. The summed E-state index contributed by atoms with van der Waals surface area (Å²) in [6.45, 7) is 0. The molecule has 0 bridgehead atoms. The monoisotopic (exact) mass is 266 g/mol. The van der Waals surface area contributed by atoms with Gasteiger partial charge >= 0.3 is 5.97 Å². The zero-order chi connectivity index (χ0) is 10.8. The molecule has 0 aliphatic heterocycles. The van der Waals surface area contributed by atoms with Gasteiger partial charge in [-0.05, 0) is 42.5 Å². The third kappa shape index (κ3) is 2.48. The highest BCUT2D eigenvalue weighted by Gasteiger charge is 2.13. The van der Waals surface area contributed by atoms with E-state index in [4.69, 9.17) is 5.11 Å². The van der Waals surface area contributed by atoms with E-state index in [0.29, 0.717) is 0 Å². The number of carboxylic acids is 1. The van der Waals surface area contributed by atoms with Crippen LogP contribution in [0, 0.1) is 0 Å². The molecule has 15 heavy (non-hydrogen) atoms. The molecule has 0 spiro atoms. The summed E-state index contributed by atoms with van der Waals surface area (Å²) in [4.78, 5) is 10.5. The largest absolute Gasteiger partial charge is 0.478 e. The Morgan fingerprint density at radius 3 is 2.87 bits per heavy atom. The van der Waals surface area contributed by atoms with Crippen molar-refractivity contribution < 1.29 is 9.90 Å². The van der Waals surface area contributed by atoms with Gasteiger partial charge in [-0.25, -0.2) is 4.79 Å². The van der Waals surface area contributed by atoms with Gasteiger partial charge in [0.05, 0.1) is 0 Å². The number of halogens is 1. The quantitative estimate of drug-likeness (QED) is 0.794. The molecular weight excluding hydrogens is 256 g/mol. The van der Waals surface area contributed by atoms with Gasteiger partial charge in [-0.3, -0.25) is 0 Å². The van der Waals surface area contributed by atoms with E-state index >= 15 is 0 Å². The third-order valence-corrected chi connectivity index (χ3v) is 3.12. The van der Waals surface area contributed by atoms with E-state index in [1.807, 2.05) is 6.07 Å². The number of hydrogen-bond donors (Lipinski definition) is 1. The van der Waals surface area contributed by atoms with Crippen LogP contribution in [0.25, 0.3) is 0 Å². The van der Waals surface area contributed by atoms with E-state index in [1.165, 1.54) is 17.2 Å². The summed E-state index contributed by atoms with van der Waals surface area (Å²) in [6, 6.07) is 6.18. The Morgan fingerprint density at radius 1 is 1.33 bits per heavy atom. The van der Waals surface area contributed by atoms with Gasteiger partial charge in [0.1, 0.15) is 0 Å². The molecule has 0 amide bonds. The van der Waals surface area contributed by atoms with E-state index in [0.717, 1.165) is 29.3 Å². The summed E-state index contributed by atoms with van der Waals surface area (Å²) in [5.41, 5.74) is 3.58. The van der Waals surface area contributed by atoms with Crippen molar-refractivity contribution in [1.82, 2.24) is 0 Å². The summed E-state index contributed by atoms with van der Waals surface area (Å²) < 4.78 is 1.09. The van der Waals surface area contributed by atoms with Crippen molar-refractivity contribution in [3.8, 4) is 0 Å². The second-order valence-electron chi connectivity index (χ2n) is 3.73. The number of carboxylic acid groups (broad SMARTS) is 1. The van der Waals surface area contributed by atoms with Crippen molar-refractivity contribution in [2.75, 3.05) is 0 Å². The first kappa shape index (κ1) is 10.4. The summed E-state index contributed by atoms with van der Waals surface area (Å²) >= 11 is 3.44. The van der Waals surface area contributed by atoms with Crippen LogP contribution < -0.4 is 0 Å². The molecule has 0 heterocycles. The smallest absolute Gasteiger partial charge is 0.328 e. The van der Waals surface area contributed by atoms with E-state index in [2.05, 4.69) is 28.1 Å². The van der Waals surface area contributed by atoms with Crippen molar-refractivity contribution in [3.05, 3.63) is 45.4 Å². The van der Waals surface area contributed by atoms with Gasteiger partial charge in [0.2, 0.25) is 0 Å². The lowest BCUT2D eigenvalue weighted by atomic mass is 9.88. The highest BCUT2D eigenvalue weighted by atomic mass is 79.9. The van der Waals surface area contributed by atoms with Gasteiger partial charge in [-0.15, -0.1) is 0 Å². The minimum absolute atomic E-state index is 0.773. The average molecular weight is 267 g/mol. The van der Waals surface area contributed by atoms with Crippen molar-refractivity contribution in [1.29, 1.82) is 0 Å². The molecule has 0 radical (unpaired) electrons. The highest BCUT2D eigenvalue weighted by Crippen LogP contribution is 2.27. The fourth-order valence-corrected chi connectivity index (χ4v) is 2.33. The van der Waals surface area contributed by atoms with Crippen LogP contribution in [0.15, 0.2) is 34.3 Å². The molecule has 0 saturated heterocycles. The van der Waals surface area contributed by atoms with Crippen molar-refractivity contribution in [2.24, 2.45) is 0 Å². The zero-order valence-electron chi connectivity index (χ0n) is 8.16. The predicted molar refractivity (Wildman–Crippen MR) is 61.9 cm³/mol. The number of benzene rings is 1. The SMILES string of the molecule is O=C(O)/C=C1/CCc2cc(Br)ccc2C1. The second kappa shape index (κ2) is 4.19. The molecule has 0 unspecified atom stereocenters. The van der Waals surface area contributed by atoms with Crippen LogP contribution in [0.2, 0.25) is 0 Å².